The van der Waals surface area contributed by atoms with Crippen LogP contribution in [0.15, 0.2) is 54.6 Å². The first kappa shape index (κ1) is 20.0. The van der Waals surface area contributed by atoms with Gasteiger partial charge in [-0.15, -0.1) is 0 Å². The standard InChI is InChI=1S/C25H31NO3/c1-29-22-13-6-5-11-20(22)24-21-12-7-8-16-25(21,28)17-18-26(24)23(27)15-14-19-9-3-2-4-10-19/h2-6,9-11,13,21,24,28H,7-8,12,14-18H2,1H3/t21-,24-,25-/m0/s1. The Labute approximate surface area is 173 Å². The fourth-order valence-corrected chi connectivity index (χ4v) is 5.30. The quantitative estimate of drug-likeness (QED) is 0.812. The van der Waals surface area contributed by atoms with Crippen molar-refractivity contribution in [3.63, 3.8) is 0 Å². The second-order valence-corrected chi connectivity index (χ2v) is 8.47. The number of carbonyl (C=O) groups excluding carboxylic acids is 1. The summed E-state index contributed by atoms with van der Waals surface area (Å²) in [5.41, 5.74) is 1.52. The minimum Gasteiger partial charge on any atom is -0.496 e. The number of carbonyl (C=O) groups is 1. The smallest absolute Gasteiger partial charge is 0.223 e. The van der Waals surface area contributed by atoms with Gasteiger partial charge in [-0.25, -0.2) is 0 Å². The maximum atomic E-state index is 13.3. The van der Waals surface area contributed by atoms with Crippen molar-refractivity contribution >= 4 is 5.91 Å². The number of aryl methyl sites for hydroxylation is 1. The summed E-state index contributed by atoms with van der Waals surface area (Å²) >= 11 is 0. The number of likely N-dealkylation sites (tertiary alicyclic amines) is 1. The summed E-state index contributed by atoms with van der Waals surface area (Å²) in [6.45, 7) is 0.601. The molecule has 1 amide bonds. The average molecular weight is 394 g/mol. The number of hydrogen-bond donors (Lipinski definition) is 1. The summed E-state index contributed by atoms with van der Waals surface area (Å²) in [5, 5.41) is 11.4. The highest BCUT2D eigenvalue weighted by molar-refractivity contribution is 5.77. The number of hydrogen-bond acceptors (Lipinski definition) is 3. The van der Waals surface area contributed by atoms with Crippen LogP contribution in [0.5, 0.6) is 5.75 Å². The zero-order valence-electron chi connectivity index (χ0n) is 17.2. The number of benzene rings is 2. The van der Waals surface area contributed by atoms with Crippen LogP contribution in [-0.4, -0.2) is 35.2 Å². The molecule has 4 nitrogen and oxygen atoms in total. The van der Waals surface area contributed by atoms with E-state index in [9.17, 15) is 9.90 Å². The lowest BCUT2D eigenvalue weighted by molar-refractivity contribution is -0.155. The summed E-state index contributed by atoms with van der Waals surface area (Å²) in [6, 6.07) is 18.0. The maximum absolute atomic E-state index is 13.3. The molecule has 0 unspecified atom stereocenters. The average Bonchev–Trinajstić information content (AvgIpc) is 2.77. The number of aliphatic hydroxyl groups is 1. The molecule has 4 rings (SSSR count). The minimum absolute atomic E-state index is 0.0574. The Morgan fingerprint density at radius 3 is 2.66 bits per heavy atom. The molecule has 0 aromatic heterocycles. The Bertz CT molecular complexity index is 837. The topological polar surface area (TPSA) is 49.8 Å². The molecule has 1 saturated heterocycles. The van der Waals surface area contributed by atoms with Crippen molar-refractivity contribution in [3.05, 3.63) is 65.7 Å². The van der Waals surface area contributed by atoms with Crippen molar-refractivity contribution in [2.45, 2.75) is 56.6 Å². The molecule has 1 saturated carbocycles. The SMILES string of the molecule is COc1ccccc1[C@H]1[C@@H]2CCCC[C@]2(O)CCN1C(=O)CCc1ccccc1. The van der Waals surface area contributed by atoms with Crippen molar-refractivity contribution in [3.8, 4) is 5.75 Å². The Hall–Kier alpha value is -2.33. The van der Waals surface area contributed by atoms with Gasteiger partial charge in [0.05, 0.1) is 18.8 Å². The maximum Gasteiger partial charge on any atom is 0.223 e. The van der Waals surface area contributed by atoms with Crippen molar-refractivity contribution < 1.29 is 14.6 Å². The van der Waals surface area contributed by atoms with Gasteiger partial charge in [-0.05, 0) is 37.3 Å². The van der Waals surface area contributed by atoms with E-state index in [0.717, 1.165) is 43.4 Å². The molecule has 4 heteroatoms. The van der Waals surface area contributed by atoms with E-state index in [0.29, 0.717) is 19.4 Å². The minimum atomic E-state index is -0.681. The van der Waals surface area contributed by atoms with Gasteiger partial charge in [0.1, 0.15) is 5.75 Å². The molecule has 1 heterocycles. The van der Waals surface area contributed by atoms with Gasteiger partial charge < -0.3 is 14.7 Å². The third-order valence-corrected chi connectivity index (χ3v) is 6.82. The predicted molar refractivity (Wildman–Crippen MR) is 114 cm³/mol. The summed E-state index contributed by atoms with van der Waals surface area (Å²) in [5.74, 6) is 1.02. The van der Waals surface area contributed by atoms with Crippen LogP contribution in [0, 0.1) is 5.92 Å². The summed E-state index contributed by atoms with van der Waals surface area (Å²) in [4.78, 5) is 15.4. The van der Waals surface area contributed by atoms with E-state index >= 15 is 0 Å². The molecule has 29 heavy (non-hydrogen) atoms. The van der Waals surface area contributed by atoms with E-state index in [1.165, 1.54) is 5.56 Å². The van der Waals surface area contributed by atoms with Gasteiger partial charge in [-0.2, -0.15) is 0 Å². The molecule has 1 aliphatic heterocycles. The first-order valence-corrected chi connectivity index (χ1v) is 10.8. The van der Waals surface area contributed by atoms with Gasteiger partial charge >= 0.3 is 0 Å². The van der Waals surface area contributed by atoms with Crippen LogP contribution >= 0.6 is 0 Å². The van der Waals surface area contributed by atoms with Crippen molar-refractivity contribution in [2.24, 2.45) is 5.92 Å². The number of methoxy groups -OCH3 is 1. The van der Waals surface area contributed by atoms with Gasteiger partial charge in [-0.1, -0.05) is 61.4 Å². The Morgan fingerprint density at radius 2 is 1.86 bits per heavy atom. The lowest BCUT2D eigenvalue weighted by Gasteiger charge is -2.52. The van der Waals surface area contributed by atoms with Crippen molar-refractivity contribution in [1.29, 1.82) is 0 Å². The number of ether oxygens (including phenoxy) is 1. The Balaban J connectivity index is 1.63. The molecular weight excluding hydrogens is 362 g/mol. The molecule has 0 radical (unpaired) electrons. The normalized spacial score (nSPS) is 26.6. The highest BCUT2D eigenvalue weighted by atomic mass is 16.5. The molecule has 2 aromatic rings. The molecule has 1 N–H and O–H groups in total. The predicted octanol–water partition coefficient (Wildman–Crippen LogP) is 4.52. The van der Waals surface area contributed by atoms with E-state index in [2.05, 4.69) is 18.2 Å². The lowest BCUT2D eigenvalue weighted by Crippen LogP contribution is -2.56. The number of nitrogens with zero attached hydrogens (tertiary/aromatic N) is 1. The van der Waals surface area contributed by atoms with Gasteiger partial charge in [0, 0.05) is 24.4 Å². The molecule has 154 valence electrons. The van der Waals surface area contributed by atoms with Gasteiger partial charge in [-0.3, -0.25) is 4.79 Å². The molecule has 2 aromatic carbocycles. The highest BCUT2D eigenvalue weighted by Gasteiger charge is 2.50. The molecule has 1 aliphatic carbocycles. The molecule has 0 bridgehead atoms. The van der Waals surface area contributed by atoms with Crippen LogP contribution in [0.1, 0.15) is 55.7 Å². The van der Waals surface area contributed by atoms with E-state index < -0.39 is 5.60 Å². The highest BCUT2D eigenvalue weighted by Crippen LogP contribution is 2.50. The number of para-hydroxylation sites is 1. The number of amides is 1. The van der Waals surface area contributed by atoms with Crippen molar-refractivity contribution in [2.75, 3.05) is 13.7 Å². The van der Waals surface area contributed by atoms with Crippen LogP contribution < -0.4 is 4.74 Å². The fraction of sp³-hybridized carbons (Fsp3) is 0.480. The van der Waals surface area contributed by atoms with E-state index in [1.54, 1.807) is 7.11 Å². The molecular formula is C25H31NO3. The van der Waals surface area contributed by atoms with Crippen LogP contribution in [0.4, 0.5) is 0 Å². The van der Waals surface area contributed by atoms with Crippen molar-refractivity contribution in [1.82, 2.24) is 4.90 Å². The second-order valence-electron chi connectivity index (χ2n) is 8.47. The molecule has 2 aliphatic rings. The second kappa shape index (κ2) is 8.58. The van der Waals surface area contributed by atoms with E-state index in [-0.39, 0.29) is 17.9 Å². The van der Waals surface area contributed by atoms with Gasteiger partial charge in [0.2, 0.25) is 5.91 Å². The van der Waals surface area contributed by atoms with Crippen LogP contribution in [0.2, 0.25) is 0 Å². The van der Waals surface area contributed by atoms with Crippen LogP contribution in [0.25, 0.3) is 0 Å². The van der Waals surface area contributed by atoms with Gasteiger partial charge in [0.25, 0.3) is 0 Å². The molecule has 3 atom stereocenters. The van der Waals surface area contributed by atoms with Crippen LogP contribution in [-0.2, 0) is 11.2 Å². The van der Waals surface area contributed by atoms with E-state index in [1.807, 2.05) is 41.3 Å². The monoisotopic (exact) mass is 393 g/mol. The number of rotatable bonds is 5. The molecule has 0 spiro atoms. The fourth-order valence-electron chi connectivity index (χ4n) is 5.30. The first-order chi connectivity index (χ1) is 14.1. The largest absolute Gasteiger partial charge is 0.496 e. The lowest BCUT2D eigenvalue weighted by atomic mass is 9.66. The summed E-state index contributed by atoms with van der Waals surface area (Å²) in [6.07, 6.45) is 5.83. The summed E-state index contributed by atoms with van der Waals surface area (Å²) < 4.78 is 5.65. The number of piperidine rings is 1. The van der Waals surface area contributed by atoms with Gasteiger partial charge in [0.15, 0.2) is 0 Å². The Kier molecular flexibility index (Phi) is 5.91. The zero-order chi connectivity index (χ0) is 20.3. The van der Waals surface area contributed by atoms with Crippen LogP contribution in [0.3, 0.4) is 0 Å². The zero-order valence-corrected chi connectivity index (χ0v) is 17.2. The Morgan fingerprint density at radius 1 is 1.10 bits per heavy atom. The third kappa shape index (κ3) is 4.04. The number of fused-ring (bicyclic) bond motifs is 1. The molecule has 2 fully saturated rings. The first-order valence-electron chi connectivity index (χ1n) is 10.8. The van der Waals surface area contributed by atoms with E-state index in [4.69, 9.17) is 4.74 Å². The summed E-state index contributed by atoms with van der Waals surface area (Å²) in [7, 11) is 1.68. The third-order valence-electron chi connectivity index (χ3n) is 6.82.